The number of nitrogens with one attached hydrogen (secondary N) is 2. The molecule has 3 fully saturated rings. The Morgan fingerprint density at radius 2 is 1.74 bits per heavy atom. The monoisotopic (exact) mass is 966 g/mol. The molecule has 8 rings (SSSR count). The van der Waals surface area contributed by atoms with E-state index in [4.69, 9.17) is 14.5 Å². The van der Waals surface area contributed by atoms with Gasteiger partial charge in [-0.15, -0.1) is 0 Å². The van der Waals surface area contributed by atoms with E-state index < -0.39 is 47.4 Å². The molecule has 6 bridgehead atoms. The molecule has 2 aromatic carbocycles. The molecule has 4 atom stereocenters. The van der Waals surface area contributed by atoms with E-state index in [0.29, 0.717) is 63.1 Å². The highest BCUT2D eigenvalue weighted by Gasteiger charge is 2.49. The van der Waals surface area contributed by atoms with E-state index in [1.54, 1.807) is 4.90 Å². The fourth-order valence-electron chi connectivity index (χ4n) is 11.4. The highest BCUT2D eigenvalue weighted by atomic mass is 19.3. The van der Waals surface area contributed by atoms with Crippen molar-refractivity contribution in [2.45, 2.75) is 150 Å². The smallest absolute Gasteiger partial charge is 0.410 e. The minimum Gasteiger partial charge on any atom is -0.464 e. The first-order chi connectivity index (χ1) is 33.1. The van der Waals surface area contributed by atoms with Crippen LogP contribution in [0.4, 0.5) is 13.6 Å². The summed E-state index contributed by atoms with van der Waals surface area (Å²) in [6.07, 6.45) is 1.63. The Labute approximate surface area is 412 Å². The second kappa shape index (κ2) is 20.0. The van der Waals surface area contributed by atoms with Crippen molar-refractivity contribution >= 4 is 34.8 Å². The van der Waals surface area contributed by atoms with Crippen molar-refractivity contribution in [3.05, 3.63) is 77.1 Å². The Bertz CT molecular complexity index is 2620. The molecule has 378 valence electrons. The summed E-state index contributed by atoms with van der Waals surface area (Å²) in [4.78, 5) is 65.5. The van der Waals surface area contributed by atoms with Crippen LogP contribution in [0.1, 0.15) is 130 Å². The van der Waals surface area contributed by atoms with Gasteiger partial charge < -0.3 is 24.3 Å². The molecule has 4 aliphatic rings. The van der Waals surface area contributed by atoms with Crippen molar-refractivity contribution in [2.75, 3.05) is 39.3 Å². The van der Waals surface area contributed by atoms with Gasteiger partial charge in [-0.1, -0.05) is 59.7 Å². The van der Waals surface area contributed by atoms with Gasteiger partial charge in [0.2, 0.25) is 5.91 Å². The van der Waals surface area contributed by atoms with Gasteiger partial charge in [-0.25, -0.2) is 19.0 Å². The van der Waals surface area contributed by atoms with Crippen LogP contribution >= 0.6 is 0 Å². The number of alkyl halides is 2. The van der Waals surface area contributed by atoms with Crippen molar-refractivity contribution < 1.29 is 37.4 Å². The van der Waals surface area contributed by atoms with Crippen molar-refractivity contribution in [2.24, 2.45) is 16.7 Å². The summed E-state index contributed by atoms with van der Waals surface area (Å²) < 4.78 is 44.2. The molecule has 6 heterocycles. The minimum atomic E-state index is -2.81. The van der Waals surface area contributed by atoms with E-state index in [9.17, 15) is 19.2 Å². The van der Waals surface area contributed by atoms with Crippen LogP contribution in [0, 0.1) is 16.7 Å². The number of carbonyl (C=O) groups excluding carboxylic acids is 4. The Morgan fingerprint density at radius 3 is 2.44 bits per heavy atom. The number of rotatable bonds is 8. The number of esters is 1. The number of ether oxygens (including phenoxy) is 2. The van der Waals surface area contributed by atoms with Crippen molar-refractivity contribution in [1.29, 1.82) is 0 Å². The molecular weight excluding hydrogens is 893 g/mol. The molecule has 2 N–H and O–H groups in total. The molecule has 0 aliphatic carbocycles. The molecule has 3 amide bonds. The van der Waals surface area contributed by atoms with Gasteiger partial charge >= 0.3 is 12.1 Å². The van der Waals surface area contributed by atoms with Gasteiger partial charge in [0, 0.05) is 78.2 Å². The number of fused-ring (bicyclic) bond motifs is 6. The predicted molar refractivity (Wildman–Crippen MR) is 267 cm³/mol. The van der Waals surface area contributed by atoms with Crippen LogP contribution in [0.2, 0.25) is 0 Å². The number of benzene rings is 2. The van der Waals surface area contributed by atoms with Gasteiger partial charge in [0.25, 0.3) is 12.3 Å². The average Bonchev–Trinajstić information content (AvgIpc) is 4.01. The zero-order valence-electron chi connectivity index (χ0n) is 42.8. The number of hydrazine groups is 1. The Hall–Kier alpha value is -5.41. The molecule has 15 heteroatoms. The van der Waals surface area contributed by atoms with Crippen LogP contribution in [0.5, 0.6) is 0 Å². The van der Waals surface area contributed by atoms with Crippen LogP contribution in [-0.4, -0.2) is 111 Å². The molecule has 13 nitrogen and oxygen atoms in total. The number of cyclic esters (lactones) is 1. The Balaban J connectivity index is 1.19. The topological polar surface area (TPSA) is 138 Å². The fraction of sp³-hybridized carbons (Fsp3) is 0.582. The van der Waals surface area contributed by atoms with E-state index in [0.717, 1.165) is 51.8 Å². The summed E-state index contributed by atoms with van der Waals surface area (Å²) in [5.74, 6) is -1.33. The van der Waals surface area contributed by atoms with Crippen LogP contribution in [0.15, 0.2) is 54.7 Å². The van der Waals surface area contributed by atoms with Crippen molar-refractivity contribution in [3.63, 3.8) is 0 Å². The number of amides is 3. The number of likely N-dealkylation sites (tertiary alicyclic amines) is 2. The van der Waals surface area contributed by atoms with Gasteiger partial charge in [0.05, 0.1) is 24.0 Å². The maximum absolute atomic E-state index is 15.1. The molecule has 1 spiro atoms. The van der Waals surface area contributed by atoms with Crippen LogP contribution < -0.4 is 10.7 Å². The van der Waals surface area contributed by atoms with Gasteiger partial charge in [0.15, 0.2) is 0 Å². The standard InChI is InChI=1S/C55H73F2N7O6/c1-11-63-44-17-16-36-28-40(44)41(47(63)39-14-12-20-58-45(39)33(2)3)29-54(9,10)32-69-51(67)42-15-13-21-64(60-42)50(66)43(26-35-24-37(36)27-38(25-35)48(56)57)59-49(65)46(34(4)5)61-22-18-55(30-61)19-23-62(31-55)52(68)70-53(6,7)8/h12,14,16-17,20,24-25,27-28,33-34,42-43,46,48,60H,11,13,15,18-19,21-23,26,29-32H2,1-10H3,(H,59,65)/t42-,43-,46-,55-/m0/s1. The Kier molecular flexibility index (Phi) is 14.6. The largest absolute Gasteiger partial charge is 0.464 e. The zero-order valence-corrected chi connectivity index (χ0v) is 42.8. The average molecular weight is 966 g/mol. The van der Waals surface area contributed by atoms with Crippen molar-refractivity contribution in [1.82, 2.24) is 35.1 Å². The highest BCUT2D eigenvalue weighted by molar-refractivity contribution is 5.96. The molecule has 0 unspecified atom stereocenters. The summed E-state index contributed by atoms with van der Waals surface area (Å²) in [6.45, 7) is 23.4. The van der Waals surface area contributed by atoms with Gasteiger partial charge in [-0.05, 0) is 131 Å². The lowest BCUT2D eigenvalue weighted by Crippen LogP contribution is -2.62. The third-order valence-corrected chi connectivity index (χ3v) is 14.6. The van der Waals surface area contributed by atoms with E-state index in [1.807, 2.05) is 59.0 Å². The Morgan fingerprint density at radius 1 is 0.986 bits per heavy atom. The molecule has 3 saturated heterocycles. The van der Waals surface area contributed by atoms with Crippen molar-refractivity contribution in [3.8, 4) is 22.4 Å². The third kappa shape index (κ3) is 10.8. The van der Waals surface area contributed by atoms with E-state index in [1.165, 1.54) is 17.1 Å². The summed E-state index contributed by atoms with van der Waals surface area (Å²) in [5, 5.41) is 5.47. The molecule has 4 aromatic rings. The van der Waals surface area contributed by atoms with Crippen LogP contribution in [0.25, 0.3) is 33.3 Å². The van der Waals surface area contributed by atoms with Gasteiger partial charge in [-0.2, -0.15) is 0 Å². The van der Waals surface area contributed by atoms with Gasteiger partial charge in [0.1, 0.15) is 17.7 Å². The molecule has 70 heavy (non-hydrogen) atoms. The predicted octanol–water partition coefficient (Wildman–Crippen LogP) is 9.46. The first-order valence-corrected chi connectivity index (χ1v) is 25.4. The van der Waals surface area contributed by atoms with E-state index in [-0.39, 0.29) is 54.4 Å². The van der Waals surface area contributed by atoms with Crippen LogP contribution in [0.3, 0.4) is 0 Å². The second-order valence-corrected chi connectivity index (χ2v) is 22.7. The normalized spacial score (nSPS) is 22.8. The highest BCUT2D eigenvalue weighted by Crippen LogP contribution is 2.44. The second-order valence-electron chi connectivity index (χ2n) is 22.7. The van der Waals surface area contributed by atoms with Gasteiger partial charge in [-0.3, -0.25) is 29.3 Å². The lowest BCUT2D eigenvalue weighted by atomic mass is 9.83. The third-order valence-electron chi connectivity index (χ3n) is 14.6. The number of carbonyl (C=O) groups is 4. The lowest BCUT2D eigenvalue weighted by Gasteiger charge is -2.37. The van der Waals surface area contributed by atoms with E-state index in [2.05, 4.69) is 73.0 Å². The first kappa shape index (κ1) is 51.0. The summed E-state index contributed by atoms with van der Waals surface area (Å²) in [6, 6.07) is 12.3. The molecule has 0 radical (unpaired) electrons. The number of nitrogens with zero attached hydrogens (tertiary/aromatic N) is 5. The molecular formula is C55H73F2N7O6. The number of hydrogen-bond acceptors (Lipinski definition) is 9. The summed E-state index contributed by atoms with van der Waals surface area (Å²) >= 11 is 0. The number of pyridine rings is 1. The summed E-state index contributed by atoms with van der Waals surface area (Å²) in [7, 11) is 0. The SMILES string of the molecule is CCn1c(-c2cccnc2C(C)C)c2c3cc(ccc31)-c1cc(cc(C(F)F)c1)C[C@H](NC(=O)[C@H](C(C)C)N1CC[C@]3(CCN(C(=O)OC(C)(C)C)C3)C1)C(=O)N1CCC[C@H](N1)C(=O)OCC(C)(C)C2. The molecule has 4 aliphatic heterocycles. The molecule has 2 aromatic heterocycles. The van der Waals surface area contributed by atoms with Crippen LogP contribution in [-0.2, 0) is 43.2 Å². The zero-order chi connectivity index (χ0) is 50.4. The number of hydrogen-bond donors (Lipinski definition) is 2. The lowest BCUT2D eigenvalue weighted by molar-refractivity contribution is -0.155. The number of aryl methyl sites for hydroxylation is 1. The quantitative estimate of drug-likeness (QED) is 0.166. The molecule has 0 saturated carbocycles. The fourth-order valence-corrected chi connectivity index (χ4v) is 11.4. The summed E-state index contributed by atoms with van der Waals surface area (Å²) in [5.41, 5.74) is 8.36. The first-order valence-electron chi connectivity index (χ1n) is 25.4. The number of halogens is 2. The maximum atomic E-state index is 15.1. The number of aromatic nitrogens is 2. The van der Waals surface area contributed by atoms with E-state index >= 15 is 8.78 Å². The maximum Gasteiger partial charge on any atom is 0.410 e. The minimum absolute atomic E-state index is 0.0813.